The van der Waals surface area contributed by atoms with E-state index in [9.17, 15) is 58.5 Å². The van der Waals surface area contributed by atoms with Gasteiger partial charge in [0.05, 0.1) is 19.6 Å². The summed E-state index contributed by atoms with van der Waals surface area (Å²) in [5.41, 5.74) is 5.26. The van der Waals surface area contributed by atoms with Gasteiger partial charge in [-0.3, -0.25) is 43.2 Å². The third-order valence-corrected chi connectivity index (χ3v) is 16.3. The molecule has 0 aromatic carbocycles. The highest BCUT2D eigenvalue weighted by Crippen LogP contribution is 2.18. The van der Waals surface area contributed by atoms with Crippen LogP contribution in [-0.2, 0) is 52.6 Å². The maximum absolute atomic E-state index is 14.1. The number of nitrogens with two attached hydrogens (primary N) is 1. The zero-order chi connectivity index (χ0) is 65.3. The Morgan fingerprint density at radius 3 is 1.05 bits per heavy atom. The molecule has 0 aliphatic rings. The first-order valence-electron chi connectivity index (χ1n) is 35.1. The van der Waals surface area contributed by atoms with Gasteiger partial charge in [-0.15, -0.1) is 0 Å². The van der Waals surface area contributed by atoms with Crippen molar-refractivity contribution in [2.24, 2.45) is 5.73 Å². The van der Waals surface area contributed by atoms with Crippen LogP contribution in [0.3, 0.4) is 0 Å². The molecular weight excluding hydrogens is 1120 g/mol. The molecular formula is C68H126N6O14. The standard InChI is InChI=1S/C68H126N6O14/c1-5-8-11-14-17-20-23-26-29-32-35-38-41-47-61(78)71-56(64(81)73-59(52-76)67(84)74-58(51-75)66(83)72-57(50-60(69)77)65(82)70-54(4)68(85)86)46-44-45-55(88-63(80)49-43-40-37-34-31-28-25-22-19-16-13-10-7-3)53-87-62(79)48-42-39-36-33-30-27-24-21-18-15-12-9-6-2/h54-59,75-76H,5-53H2,1-4H3,(H2,69,77)(H,70,82)(H,71,78)(H,72,83)(H,73,81)(H,74,84)(H,85,86)/t54-,55-,56-,57-,58-,59-/m0/s1. The summed E-state index contributed by atoms with van der Waals surface area (Å²) in [6.07, 6.45) is 44.2. The zero-order valence-corrected chi connectivity index (χ0v) is 55.5. The number of unbranched alkanes of at least 4 members (excludes halogenated alkanes) is 36. The molecule has 20 heteroatoms. The number of carbonyl (C=O) groups is 9. The molecule has 0 spiro atoms. The number of carboxylic acids is 1. The number of amides is 6. The van der Waals surface area contributed by atoms with E-state index in [1.54, 1.807) is 0 Å². The molecule has 20 nitrogen and oxygen atoms in total. The van der Waals surface area contributed by atoms with Crippen molar-refractivity contribution in [3.8, 4) is 0 Å². The predicted molar refractivity (Wildman–Crippen MR) is 347 cm³/mol. The summed E-state index contributed by atoms with van der Waals surface area (Å²) in [5.74, 6) is -7.91. The van der Waals surface area contributed by atoms with E-state index in [1.807, 2.05) is 0 Å². The first-order valence-corrected chi connectivity index (χ1v) is 35.1. The van der Waals surface area contributed by atoms with Crippen molar-refractivity contribution in [2.45, 2.75) is 359 Å². The number of aliphatic hydroxyl groups is 2. The van der Waals surface area contributed by atoms with Crippen LogP contribution in [0.25, 0.3) is 0 Å². The number of hydrogen-bond donors (Lipinski definition) is 9. The molecule has 0 aromatic heterocycles. The number of carboxylic acid groups (broad SMARTS) is 1. The van der Waals surface area contributed by atoms with Crippen LogP contribution in [0.4, 0.5) is 0 Å². The molecule has 10 N–H and O–H groups in total. The molecule has 0 aliphatic carbocycles. The van der Waals surface area contributed by atoms with E-state index in [2.05, 4.69) is 47.4 Å². The molecule has 0 bridgehead atoms. The monoisotopic (exact) mass is 1250 g/mol. The van der Waals surface area contributed by atoms with Gasteiger partial charge in [0.25, 0.3) is 0 Å². The van der Waals surface area contributed by atoms with E-state index in [1.165, 1.54) is 167 Å². The summed E-state index contributed by atoms with van der Waals surface area (Å²) in [6, 6.07) is -7.87. The molecule has 6 atom stereocenters. The predicted octanol–water partition coefficient (Wildman–Crippen LogP) is 11.4. The fraction of sp³-hybridized carbons (Fsp3) is 0.868. The maximum Gasteiger partial charge on any atom is 0.325 e. The lowest BCUT2D eigenvalue weighted by atomic mass is 10.0. The van der Waals surface area contributed by atoms with Crippen molar-refractivity contribution in [2.75, 3.05) is 19.8 Å². The van der Waals surface area contributed by atoms with E-state index >= 15 is 0 Å². The molecule has 0 fully saturated rings. The second kappa shape index (κ2) is 58.5. The highest BCUT2D eigenvalue weighted by Gasteiger charge is 2.33. The van der Waals surface area contributed by atoms with Gasteiger partial charge in [0.2, 0.25) is 35.4 Å². The summed E-state index contributed by atoms with van der Waals surface area (Å²) in [5, 5.41) is 41.4. The second-order valence-corrected chi connectivity index (χ2v) is 24.6. The molecule has 0 unspecified atom stereocenters. The van der Waals surface area contributed by atoms with Gasteiger partial charge in [-0.1, -0.05) is 252 Å². The van der Waals surface area contributed by atoms with Gasteiger partial charge in [-0.25, -0.2) is 0 Å². The van der Waals surface area contributed by atoms with E-state index < -0.39 is 109 Å². The third-order valence-electron chi connectivity index (χ3n) is 16.3. The molecule has 512 valence electrons. The quantitative estimate of drug-likeness (QED) is 0.0202. The molecule has 0 radical (unpaired) electrons. The number of rotatable bonds is 63. The number of carbonyl (C=O) groups excluding carboxylic acids is 8. The first-order chi connectivity index (χ1) is 42.5. The van der Waals surface area contributed by atoms with Crippen LogP contribution >= 0.6 is 0 Å². The summed E-state index contributed by atoms with van der Waals surface area (Å²) in [7, 11) is 0. The van der Waals surface area contributed by atoms with Crippen molar-refractivity contribution in [1.29, 1.82) is 0 Å². The maximum atomic E-state index is 14.1. The van der Waals surface area contributed by atoms with Gasteiger partial charge < -0.3 is 57.1 Å². The molecule has 0 saturated carbocycles. The van der Waals surface area contributed by atoms with Crippen LogP contribution in [0.1, 0.15) is 323 Å². The topological polar surface area (TPSA) is 319 Å². The highest BCUT2D eigenvalue weighted by molar-refractivity contribution is 5.97. The Morgan fingerprint density at radius 2 is 0.693 bits per heavy atom. The fourth-order valence-corrected chi connectivity index (χ4v) is 10.6. The highest BCUT2D eigenvalue weighted by atomic mass is 16.6. The summed E-state index contributed by atoms with van der Waals surface area (Å²) < 4.78 is 11.6. The average Bonchev–Trinajstić information content (AvgIpc) is 2.79. The zero-order valence-electron chi connectivity index (χ0n) is 55.5. The smallest absolute Gasteiger partial charge is 0.325 e. The Balaban J connectivity index is 6.01. The van der Waals surface area contributed by atoms with E-state index in [0.29, 0.717) is 19.3 Å². The van der Waals surface area contributed by atoms with Gasteiger partial charge in [0.15, 0.2) is 0 Å². The minimum atomic E-state index is -1.79. The molecule has 6 amide bonds. The van der Waals surface area contributed by atoms with Crippen molar-refractivity contribution >= 4 is 53.4 Å². The first kappa shape index (κ1) is 83.2. The van der Waals surface area contributed by atoms with Crippen LogP contribution in [0.15, 0.2) is 0 Å². The Bertz CT molecular complexity index is 1840. The number of primary amides is 1. The van der Waals surface area contributed by atoms with Gasteiger partial charge in [-0.05, 0) is 45.4 Å². The molecule has 0 saturated heterocycles. The molecule has 0 aliphatic heterocycles. The van der Waals surface area contributed by atoms with Gasteiger partial charge in [0, 0.05) is 19.3 Å². The number of nitrogens with one attached hydrogen (secondary N) is 5. The van der Waals surface area contributed by atoms with Gasteiger partial charge in [-0.2, -0.15) is 0 Å². The van der Waals surface area contributed by atoms with E-state index in [-0.39, 0.29) is 45.1 Å². The van der Waals surface area contributed by atoms with Gasteiger partial charge >= 0.3 is 17.9 Å². The Morgan fingerprint density at radius 1 is 0.375 bits per heavy atom. The van der Waals surface area contributed by atoms with E-state index in [4.69, 9.17) is 15.2 Å². The van der Waals surface area contributed by atoms with E-state index in [0.717, 1.165) is 71.1 Å². The van der Waals surface area contributed by atoms with Crippen LogP contribution in [0.5, 0.6) is 0 Å². The van der Waals surface area contributed by atoms with Crippen molar-refractivity contribution in [1.82, 2.24) is 26.6 Å². The lowest BCUT2D eigenvalue weighted by Gasteiger charge is -2.25. The lowest BCUT2D eigenvalue weighted by Crippen LogP contribution is -2.60. The normalized spacial score (nSPS) is 13.3. The minimum absolute atomic E-state index is 0.0127. The molecule has 0 heterocycles. The third kappa shape index (κ3) is 49.0. The van der Waals surface area contributed by atoms with Crippen LogP contribution in [0, 0.1) is 0 Å². The number of ether oxygens (including phenoxy) is 2. The summed E-state index contributed by atoms with van der Waals surface area (Å²) >= 11 is 0. The summed E-state index contributed by atoms with van der Waals surface area (Å²) in [4.78, 5) is 117. The fourth-order valence-electron chi connectivity index (χ4n) is 10.6. The van der Waals surface area contributed by atoms with Crippen LogP contribution in [0.2, 0.25) is 0 Å². The minimum Gasteiger partial charge on any atom is -0.480 e. The SMILES string of the molecule is CCCCCCCCCCCCCCCC(=O)N[C@@H](CCC[C@@H](COC(=O)CCCCCCCCCCCCCCC)OC(=O)CCCCCCCCCCCCCCC)C(=O)N[C@@H](CO)C(=O)N[C@@H](CO)C(=O)N[C@@H](CC(N)=O)C(=O)N[C@@H](C)C(=O)O. The number of aliphatic hydroxyl groups excluding tert-OH is 2. The van der Waals surface area contributed by atoms with Crippen molar-refractivity contribution in [3.63, 3.8) is 0 Å². The van der Waals surface area contributed by atoms with Crippen LogP contribution < -0.4 is 32.3 Å². The molecule has 0 aromatic rings. The Kier molecular flexibility index (Phi) is 55.3. The lowest BCUT2D eigenvalue weighted by molar-refractivity contribution is -0.159. The Hall–Kier alpha value is -4.85. The van der Waals surface area contributed by atoms with Gasteiger partial charge in [0.1, 0.15) is 42.9 Å². The van der Waals surface area contributed by atoms with Crippen molar-refractivity contribution < 1.29 is 67.9 Å². The number of aliphatic carboxylic acids is 1. The molecule has 0 rings (SSSR count). The Labute approximate surface area is 530 Å². The largest absolute Gasteiger partial charge is 0.480 e. The summed E-state index contributed by atoms with van der Waals surface area (Å²) in [6.45, 7) is 5.61. The number of esters is 2. The van der Waals surface area contributed by atoms with Crippen LogP contribution in [-0.4, -0.2) is 125 Å². The second-order valence-electron chi connectivity index (χ2n) is 24.6. The van der Waals surface area contributed by atoms with Crippen molar-refractivity contribution in [3.05, 3.63) is 0 Å². The molecule has 88 heavy (non-hydrogen) atoms. The average molecular weight is 1250 g/mol. The number of hydrogen-bond acceptors (Lipinski definition) is 13.